The van der Waals surface area contributed by atoms with Crippen LogP contribution in [-0.2, 0) is 24.1 Å². The Morgan fingerprint density at radius 1 is 1.23 bits per heavy atom. The van der Waals surface area contributed by atoms with E-state index in [9.17, 15) is 0 Å². The van der Waals surface area contributed by atoms with Crippen LogP contribution < -0.4 is 10.1 Å². The molecule has 8 heteroatoms. The molecule has 0 bridgehead atoms. The summed E-state index contributed by atoms with van der Waals surface area (Å²) in [7, 11) is 1.62. The van der Waals surface area contributed by atoms with E-state index in [1.807, 2.05) is 27.7 Å². The minimum Gasteiger partial charge on any atom is -0.481 e. The number of hydrogen-bond acceptors (Lipinski definition) is 6. The van der Waals surface area contributed by atoms with Crippen LogP contribution in [0.15, 0.2) is 43.0 Å². The van der Waals surface area contributed by atoms with Gasteiger partial charge in [-0.25, -0.2) is 9.67 Å². The second kappa shape index (κ2) is 8.55. The van der Waals surface area contributed by atoms with E-state index in [1.54, 1.807) is 13.3 Å². The molecule has 2 unspecified atom stereocenters. The molecule has 0 fully saturated rings. The minimum absolute atomic E-state index is 0.484. The lowest BCUT2D eigenvalue weighted by Gasteiger charge is -2.23. The molecular formula is C23H28N6O2. The van der Waals surface area contributed by atoms with Crippen LogP contribution in [0.2, 0.25) is 0 Å². The predicted octanol–water partition coefficient (Wildman–Crippen LogP) is 2.77. The van der Waals surface area contributed by atoms with Gasteiger partial charge in [0.15, 0.2) is 0 Å². The van der Waals surface area contributed by atoms with Crippen LogP contribution >= 0.6 is 0 Å². The van der Waals surface area contributed by atoms with Crippen molar-refractivity contribution in [3.63, 3.8) is 0 Å². The Balaban J connectivity index is 1.48. The van der Waals surface area contributed by atoms with Gasteiger partial charge in [-0.15, -0.1) is 0 Å². The third kappa shape index (κ3) is 4.07. The molecule has 0 amide bonds. The van der Waals surface area contributed by atoms with Crippen molar-refractivity contribution in [3.05, 3.63) is 54.3 Å². The van der Waals surface area contributed by atoms with Gasteiger partial charge in [0.25, 0.3) is 0 Å². The summed E-state index contributed by atoms with van der Waals surface area (Å²) in [6, 6.07) is 4.35. The van der Waals surface area contributed by atoms with Gasteiger partial charge in [0.2, 0.25) is 5.88 Å². The highest BCUT2D eigenvalue weighted by molar-refractivity contribution is 5.64. The normalized spacial score (nSPS) is 20.7. The van der Waals surface area contributed by atoms with Crippen LogP contribution in [0.1, 0.15) is 24.6 Å². The van der Waals surface area contributed by atoms with Gasteiger partial charge in [0.05, 0.1) is 49.8 Å². The third-order valence-electron chi connectivity index (χ3n) is 5.98. The molecule has 1 N–H and O–H groups in total. The maximum absolute atomic E-state index is 5.76. The molecule has 0 aromatic carbocycles. The second-order valence-electron chi connectivity index (χ2n) is 8.23. The van der Waals surface area contributed by atoms with E-state index in [4.69, 9.17) is 14.6 Å². The zero-order valence-corrected chi connectivity index (χ0v) is 18.0. The molecule has 3 aromatic rings. The standard InChI is InChI=1S/C23H28N6O2/c1-16-11-17(5-8-24-16)14-28-15-18(12-26-28)23-20-6-9-31-10-7-21(20)29(27-23)19-3-4-22(30-2)25-13-19/h3-5,8,12-13,15-17,24H,6-7,9-11,14H2,1-2H3. The molecule has 5 heterocycles. The Hall–Kier alpha value is -3.13. The molecule has 2 aliphatic heterocycles. The topological polar surface area (TPSA) is 79.0 Å². The molecule has 0 saturated heterocycles. The molecular weight excluding hydrogens is 392 g/mol. The van der Waals surface area contributed by atoms with E-state index in [1.165, 1.54) is 11.3 Å². The Bertz CT molecular complexity index is 1070. The number of allylic oxidation sites excluding steroid dienone is 1. The number of ether oxygens (including phenoxy) is 2. The van der Waals surface area contributed by atoms with Crippen molar-refractivity contribution in [1.82, 2.24) is 29.9 Å². The fraction of sp³-hybridized carbons (Fsp3) is 0.435. The van der Waals surface area contributed by atoms with Crippen LogP contribution in [0.25, 0.3) is 16.9 Å². The van der Waals surface area contributed by atoms with Gasteiger partial charge in [-0.05, 0) is 32.0 Å². The summed E-state index contributed by atoms with van der Waals surface area (Å²) >= 11 is 0. The maximum atomic E-state index is 5.76. The number of aromatic nitrogens is 5. The van der Waals surface area contributed by atoms with E-state index in [0.29, 0.717) is 31.1 Å². The van der Waals surface area contributed by atoms with Crippen molar-refractivity contribution in [2.24, 2.45) is 5.92 Å². The van der Waals surface area contributed by atoms with E-state index in [0.717, 1.165) is 42.8 Å². The fourth-order valence-corrected chi connectivity index (χ4v) is 4.43. The van der Waals surface area contributed by atoms with Gasteiger partial charge < -0.3 is 14.8 Å². The largest absolute Gasteiger partial charge is 0.481 e. The SMILES string of the molecule is COc1ccc(-n2nc(-c3cnn(CC4C=CNC(C)C4)c3)c3c2CCOCC3)cn1. The highest BCUT2D eigenvalue weighted by atomic mass is 16.5. The summed E-state index contributed by atoms with van der Waals surface area (Å²) in [6.45, 7) is 4.49. The van der Waals surface area contributed by atoms with Gasteiger partial charge in [-0.2, -0.15) is 10.2 Å². The van der Waals surface area contributed by atoms with E-state index in [2.05, 4.69) is 40.8 Å². The van der Waals surface area contributed by atoms with Crippen molar-refractivity contribution in [3.8, 4) is 22.8 Å². The van der Waals surface area contributed by atoms with Crippen LogP contribution in [0.3, 0.4) is 0 Å². The average Bonchev–Trinajstić information content (AvgIpc) is 3.30. The van der Waals surface area contributed by atoms with E-state index in [-0.39, 0.29) is 0 Å². The first kappa shape index (κ1) is 19.8. The Labute approximate surface area is 181 Å². The van der Waals surface area contributed by atoms with Gasteiger partial charge in [-0.1, -0.05) is 6.08 Å². The van der Waals surface area contributed by atoms with Crippen molar-refractivity contribution in [2.45, 2.75) is 38.8 Å². The Morgan fingerprint density at radius 2 is 2.13 bits per heavy atom. The van der Waals surface area contributed by atoms with Crippen LogP contribution in [0.4, 0.5) is 0 Å². The number of nitrogens with zero attached hydrogens (tertiary/aromatic N) is 5. The summed E-state index contributed by atoms with van der Waals surface area (Å²) in [5.74, 6) is 1.07. The van der Waals surface area contributed by atoms with Gasteiger partial charge >= 0.3 is 0 Å². The fourth-order valence-electron chi connectivity index (χ4n) is 4.43. The van der Waals surface area contributed by atoms with Crippen LogP contribution in [0.5, 0.6) is 5.88 Å². The molecule has 31 heavy (non-hydrogen) atoms. The lowest BCUT2D eigenvalue weighted by Crippen LogP contribution is -2.29. The van der Waals surface area contributed by atoms with Gasteiger partial charge in [-0.3, -0.25) is 4.68 Å². The van der Waals surface area contributed by atoms with Gasteiger partial charge in [0.1, 0.15) is 0 Å². The zero-order chi connectivity index (χ0) is 21.2. The summed E-state index contributed by atoms with van der Waals surface area (Å²) < 4.78 is 15.0. The number of hydrogen-bond donors (Lipinski definition) is 1. The number of methoxy groups -OCH3 is 1. The average molecular weight is 421 g/mol. The predicted molar refractivity (Wildman–Crippen MR) is 117 cm³/mol. The molecule has 0 aliphatic carbocycles. The van der Waals surface area contributed by atoms with Crippen molar-refractivity contribution in [2.75, 3.05) is 20.3 Å². The van der Waals surface area contributed by atoms with Crippen molar-refractivity contribution < 1.29 is 9.47 Å². The first-order valence-electron chi connectivity index (χ1n) is 10.9. The van der Waals surface area contributed by atoms with Crippen molar-refractivity contribution in [1.29, 1.82) is 0 Å². The summed E-state index contributed by atoms with van der Waals surface area (Å²) in [4.78, 5) is 4.36. The minimum atomic E-state index is 0.484. The maximum Gasteiger partial charge on any atom is 0.213 e. The first-order chi connectivity index (χ1) is 15.2. The van der Waals surface area contributed by atoms with E-state index >= 15 is 0 Å². The molecule has 3 aromatic heterocycles. The highest BCUT2D eigenvalue weighted by Gasteiger charge is 2.23. The lowest BCUT2D eigenvalue weighted by atomic mass is 9.98. The van der Waals surface area contributed by atoms with Crippen LogP contribution in [-0.4, -0.2) is 50.9 Å². The molecule has 0 radical (unpaired) electrons. The summed E-state index contributed by atoms with van der Waals surface area (Å²) in [6.07, 6.45) is 12.9. The molecule has 2 aliphatic rings. The van der Waals surface area contributed by atoms with E-state index < -0.39 is 0 Å². The quantitative estimate of drug-likeness (QED) is 0.684. The first-order valence-corrected chi connectivity index (χ1v) is 10.9. The Morgan fingerprint density at radius 3 is 2.94 bits per heavy atom. The zero-order valence-electron chi connectivity index (χ0n) is 18.0. The molecule has 0 saturated carbocycles. The monoisotopic (exact) mass is 420 g/mol. The van der Waals surface area contributed by atoms with Crippen LogP contribution in [0, 0.1) is 5.92 Å². The molecule has 162 valence electrons. The number of nitrogens with one attached hydrogen (secondary N) is 1. The smallest absolute Gasteiger partial charge is 0.213 e. The highest BCUT2D eigenvalue weighted by Crippen LogP contribution is 2.30. The number of fused-ring (bicyclic) bond motifs is 1. The van der Waals surface area contributed by atoms with Crippen molar-refractivity contribution >= 4 is 0 Å². The second-order valence-corrected chi connectivity index (χ2v) is 8.23. The Kier molecular flexibility index (Phi) is 5.46. The molecule has 0 spiro atoms. The summed E-state index contributed by atoms with van der Waals surface area (Å²) in [5.41, 5.74) is 5.37. The number of rotatable bonds is 5. The third-order valence-corrected chi connectivity index (χ3v) is 5.98. The lowest BCUT2D eigenvalue weighted by molar-refractivity contribution is 0.145. The summed E-state index contributed by atoms with van der Waals surface area (Å²) in [5, 5.41) is 13.0. The number of pyridine rings is 1. The molecule has 2 atom stereocenters. The molecule has 5 rings (SSSR count). The molecule has 8 nitrogen and oxygen atoms in total. The van der Waals surface area contributed by atoms with Gasteiger partial charge in [0, 0.05) is 48.3 Å².